The third-order valence-corrected chi connectivity index (χ3v) is 5.48. The second-order valence-corrected chi connectivity index (χ2v) is 7.21. The number of carbonyl (C=O) groups excluding carboxylic acids is 1. The van der Waals surface area contributed by atoms with E-state index < -0.39 is 0 Å². The van der Waals surface area contributed by atoms with Crippen molar-refractivity contribution < 1.29 is 23.7 Å². The van der Waals surface area contributed by atoms with E-state index in [1.165, 1.54) is 0 Å². The summed E-state index contributed by atoms with van der Waals surface area (Å²) < 4.78 is 23.5. The Labute approximate surface area is 173 Å². The number of hydrogen-bond acceptors (Lipinski definition) is 6. The molecule has 2 aromatic carbocycles. The summed E-state index contributed by atoms with van der Waals surface area (Å²) in [4.78, 5) is 12.5. The van der Waals surface area contributed by atoms with Gasteiger partial charge in [0.05, 0.1) is 27.0 Å². The lowest BCUT2D eigenvalue weighted by Gasteiger charge is -2.25. The summed E-state index contributed by atoms with van der Waals surface area (Å²) in [5.41, 5.74) is 2.89. The Kier molecular flexibility index (Phi) is 4.46. The molecule has 8 nitrogen and oxygen atoms in total. The summed E-state index contributed by atoms with van der Waals surface area (Å²) in [6.45, 7) is 0.732. The van der Waals surface area contributed by atoms with Crippen LogP contribution in [0.5, 0.6) is 23.0 Å². The molecule has 0 spiro atoms. The molecule has 0 saturated carbocycles. The molecule has 0 aliphatic carbocycles. The molecule has 3 heterocycles. The molecule has 1 atom stereocenters. The zero-order valence-electron chi connectivity index (χ0n) is 16.7. The Morgan fingerprint density at radius 3 is 2.80 bits per heavy atom. The van der Waals surface area contributed by atoms with Gasteiger partial charge in [-0.25, -0.2) is 4.68 Å². The Balaban J connectivity index is 1.50. The summed E-state index contributed by atoms with van der Waals surface area (Å²) in [7, 11) is 3.23. The Hall–Kier alpha value is -3.68. The monoisotopic (exact) mass is 407 g/mol. The highest BCUT2D eigenvalue weighted by molar-refractivity contribution is 5.94. The number of nitrogens with one attached hydrogen (secondary N) is 1. The normalized spacial score (nSPS) is 16.7. The second kappa shape index (κ2) is 7.29. The van der Waals surface area contributed by atoms with Gasteiger partial charge in [0.1, 0.15) is 17.3 Å². The highest BCUT2D eigenvalue weighted by Crippen LogP contribution is 2.42. The van der Waals surface area contributed by atoms with E-state index in [1.807, 2.05) is 42.6 Å². The first-order chi connectivity index (χ1) is 14.7. The van der Waals surface area contributed by atoms with E-state index >= 15 is 0 Å². The molecule has 0 saturated heterocycles. The molecule has 2 aliphatic heterocycles. The zero-order chi connectivity index (χ0) is 20.7. The van der Waals surface area contributed by atoms with Gasteiger partial charge in [-0.05, 0) is 23.8 Å². The molecule has 0 bridgehead atoms. The lowest BCUT2D eigenvalue weighted by molar-refractivity contribution is -0.116. The number of rotatable bonds is 5. The number of benzene rings is 2. The summed E-state index contributed by atoms with van der Waals surface area (Å²) in [6, 6.07) is 11.4. The van der Waals surface area contributed by atoms with Gasteiger partial charge in [-0.2, -0.15) is 5.10 Å². The zero-order valence-corrected chi connectivity index (χ0v) is 16.7. The van der Waals surface area contributed by atoms with E-state index in [4.69, 9.17) is 18.9 Å². The average molecular weight is 407 g/mol. The molecule has 0 unspecified atom stereocenters. The first-order valence-electron chi connectivity index (χ1n) is 9.62. The average Bonchev–Trinajstić information content (AvgIpc) is 3.39. The molecular formula is C22H21N3O5. The van der Waals surface area contributed by atoms with Crippen LogP contribution in [0.15, 0.2) is 42.6 Å². The van der Waals surface area contributed by atoms with Gasteiger partial charge in [-0.1, -0.05) is 12.1 Å². The van der Waals surface area contributed by atoms with E-state index in [9.17, 15) is 4.79 Å². The second-order valence-electron chi connectivity index (χ2n) is 7.21. The van der Waals surface area contributed by atoms with Crippen LogP contribution in [0.2, 0.25) is 0 Å². The van der Waals surface area contributed by atoms with Crippen molar-refractivity contribution in [2.24, 2.45) is 0 Å². The van der Waals surface area contributed by atoms with Crippen molar-refractivity contribution in [1.82, 2.24) is 9.78 Å². The van der Waals surface area contributed by atoms with Crippen LogP contribution in [0.4, 0.5) is 5.82 Å². The highest BCUT2D eigenvalue weighted by Gasteiger charge is 2.32. The molecule has 1 N–H and O–H groups in total. The lowest BCUT2D eigenvalue weighted by atomic mass is 9.86. The fourth-order valence-corrected chi connectivity index (χ4v) is 3.99. The van der Waals surface area contributed by atoms with Gasteiger partial charge in [-0.3, -0.25) is 4.79 Å². The van der Waals surface area contributed by atoms with Crippen LogP contribution in [0.1, 0.15) is 29.0 Å². The number of aromatic nitrogens is 2. The Morgan fingerprint density at radius 1 is 1.10 bits per heavy atom. The van der Waals surface area contributed by atoms with Crippen molar-refractivity contribution in [3.63, 3.8) is 0 Å². The van der Waals surface area contributed by atoms with Gasteiger partial charge in [0, 0.05) is 29.5 Å². The standard InChI is InChI=1S/C22H21N3O5/c1-27-14-4-5-15(19(8-14)28-2)16-9-21(26)24-22-17(16)10-23-25(22)11-13-3-6-18-20(7-13)30-12-29-18/h3-8,10,16H,9,11-12H2,1-2H3,(H,24,26)/t16-/m0/s1. The lowest BCUT2D eigenvalue weighted by Crippen LogP contribution is -2.25. The minimum Gasteiger partial charge on any atom is -0.497 e. The molecule has 1 amide bonds. The summed E-state index contributed by atoms with van der Waals surface area (Å²) in [6.07, 6.45) is 2.14. The number of hydrogen-bond donors (Lipinski definition) is 1. The van der Waals surface area contributed by atoms with Gasteiger partial charge < -0.3 is 24.3 Å². The SMILES string of the molecule is COc1ccc([C@@H]2CC(=O)Nc3c2cnn3Cc2ccc3c(c2)OCO3)c(OC)c1. The van der Waals surface area contributed by atoms with Crippen LogP contribution in [-0.2, 0) is 11.3 Å². The molecule has 1 aromatic heterocycles. The fraction of sp³-hybridized carbons (Fsp3) is 0.273. The number of anilines is 1. The highest BCUT2D eigenvalue weighted by atomic mass is 16.7. The van der Waals surface area contributed by atoms with Crippen molar-refractivity contribution in [3.05, 3.63) is 59.3 Å². The minimum absolute atomic E-state index is 0.0576. The largest absolute Gasteiger partial charge is 0.497 e. The van der Waals surface area contributed by atoms with Crippen molar-refractivity contribution in [1.29, 1.82) is 0 Å². The van der Waals surface area contributed by atoms with Crippen molar-refractivity contribution in [2.45, 2.75) is 18.9 Å². The first kappa shape index (κ1) is 18.4. The van der Waals surface area contributed by atoms with E-state index in [0.717, 1.165) is 28.2 Å². The fourth-order valence-electron chi connectivity index (χ4n) is 3.99. The van der Waals surface area contributed by atoms with Crippen molar-refractivity contribution in [2.75, 3.05) is 26.3 Å². The van der Waals surface area contributed by atoms with Crippen LogP contribution in [0.3, 0.4) is 0 Å². The van der Waals surface area contributed by atoms with Crippen LogP contribution >= 0.6 is 0 Å². The number of methoxy groups -OCH3 is 2. The van der Waals surface area contributed by atoms with Gasteiger partial charge in [-0.15, -0.1) is 0 Å². The molecule has 5 rings (SSSR count). The molecule has 0 radical (unpaired) electrons. The Morgan fingerprint density at radius 2 is 1.97 bits per heavy atom. The minimum atomic E-state index is -0.153. The topological polar surface area (TPSA) is 83.8 Å². The van der Waals surface area contributed by atoms with E-state index in [-0.39, 0.29) is 18.6 Å². The predicted molar refractivity (Wildman–Crippen MR) is 109 cm³/mol. The molecule has 8 heteroatoms. The van der Waals surface area contributed by atoms with Gasteiger partial charge in [0.15, 0.2) is 11.5 Å². The van der Waals surface area contributed by atoms with Gasteiger partial charge >= 0.3 is 0 Å². The molecule has 2 aliphatic rings. The molecule has 154 valence electrons. The maximum absolute atomic E-state index is 12.5. The van der Waals surface area contributed by atoms with Crippen LogP contribution in [-0.4, -0.2) is 36.7 Å². The number of carbonyl (C=O) groups is 1. The van der Waals surface area contributed by atoms with Gasteiger partial charge in [0.25, 0.3) is 0 Å². The summed E-state index contributed by atoms with van der Waals surface area (Å²) in [5, 5.41) is 7.53. The Bertz CT molecular complexity index is 1120. The third-order valence-electron chi connectivity index (χ3n) is 5.48. The van der Waals surface area contributed by atoms with Crippen LogP contribution in [0.25, 0.3) is 0 Å². The number of nitrogens with zero attached hydrogens (tertiary/aromatic N) is 2. The maximum Gasteiger partial charge on any atom is 0.231 e. The number of ether oxygens (including phenoxy) is 4. The van der Waals surface area contributed by atoms with Crippen molar-refractivity contribution >= 4 is 11.7 Å². The first-order valence-corrected chi connectivity index (χ1v) is 9.62. The number of fused-ring (bicyclic) bond motifs is 2. The van der Waals surface area contributed by atoms with E-state index in [2.05, 4.69) is 10.4 Å². The maximum atomic E-state index is 12.5. The smallest absolute Gasteiger partial charge is 0.231 e. The summed E-state index contributed by atoms with van der Waals surface area (Å²) in [5.74, 6) is 3.34. The number of amides is 1. The molecule has 3 aromatic rings. The molecular weight excluding hydrogens is 386 g/mol. The molecule has 30 heavy (non-hydrogen) atoms. The van der Waals surface area contributed by atoms with Gasteiger partial charge in [0.2, 0.25) is 12.7 Å². The van der Waals surface area contributed by atoms with Crippen LogP contribution in [0, 0.1) is 0 Å². The van der Waals surface area contributed by atoms with Crippen LogP contribution < -0.4 is 24.3 Å². The van der Waals surface area contributed by atoms with E-state index in [0.29, 0.717) is 30.3 Å². The summed E-state index contributed by atoms with van der Waals surface area (Å²) >= 11 is 0. The quantitative estimate of drug-likeness (QED) is 0.700. The predicted octanol–water partition coefficient (Wildman–Crippen LogP) is 3.15. The third kappa shape index (κ3) is 3.10. The molecule has 0 fully saturated rings. The van der Waals surface area contributed by atoms with E-state index in [1.54, 1.807) is 18.9 Å². The van der Waals surface area contributed by atoms with Crippen molar-refractivity contribution in [3.8, 4) is 23.0 Å².